The molecule has 4 nitrogen and oxygen atoms in total. The van der Waals surface area contributed by atoms with Crippen LogP contribution in [0.1, 0.15) is 64.5 Å². The number of nitrogens with one attached hydrogen (secondary N) is 1. The van der Waals surface area contributed by atoms with Gasteiger partial charge in [0.25, 0.3) is 0 Å². The van der Waals surface area contributed by atoms with Gasteiger partial charge in [0.2, 0.25) is 0 Å². The maximum atomic E-state index is 13.4. The molecule has 0 unspecified atom stereocenters. The van der Waals surface area contributed by atoms with Gasteiger partial charge in [-0.15, -0.1) is 0 Å². The summed E-state index contributed by atoms with van der Waals surface area (Å²) in [5.41, 5.74) is -0.0139. The zero-order valence-electron chi connectivity index (χ0n) is 16.5. The van der Waals surface area contributed by atoms with Crippen molar-refractivity contribution in [2.75, 3.05) is 19.8 Å². The number of hydrogen-bond donors (Lipinski definition) is 2. The van der Waals surface area contributed by atoms with Crippen LogP contribution in [0.2, 0.25) is 0 Å². The van der Waals surface area contributed by atoms with Crippen molar-refractivity contribution in [1.82, 2.24) is 5.32 Å². The minimum atomic E-state index is -0.841. The molecule has 1 saturated carbocycles. The van der Waals surface area contributed by atoms with Crippen LogP contribution in [-0.2, 0) is 9.47 Å². The summed E-state index contributed by atoms with van der Waals surface area (Å²) >= 11 is 0. The Hall–Kier alpha value is -1.08. The predicted molar refractivity (Wildman–Crippen MR) is 99.2 cm³/mol. The lowest BCUT2D eigenvalue weighted by Gasteiger charge is -2.48. The smallest absolute Gasteiger partial charge is 0.168 e. The van der Waals surface area contributed by atoms with E-state index in [1.165, 1.54) is 6.07 Å². The number of rotatable bonds is 5. The largest absolute Gasteiger partial charge is 0.390 e. The molecule has 1 aromatic carbocycles. The van der Waals surface area contributed by atoms with E-state index in [0.29, 0.717) is 57.4 Å². The maximum absolute atomic E-state index is 13.4. The fourth-order valence-corrected chi connectivity index (χ4v) is 3.79. The van der Waals surface area contributed by atoms with E-state index >= 15 is 0 Å². The second-order valence-corrected chi connectivity index (χ2v) is 8.98. The molecular formula is C21H31F2NO3. The summed E-state index contributed by atoms with van der Waals surface area (Å²) in [4.78, 5) is 0. The molecule has 2 N–H and O–H groups in total. The first-order chi connectivity index (χ1) is 12.6. The molecule has 1 saturated heterocycles. The van der Waals surface area contributed by atoms with Crippen LogP contribution in [0.25, 0.3) is 0 Å². The van der Waals surface area contributed by atoms with Crippen LogP contribution in [0.3, 0.4) is 0 Å². The van der Waals surface area contributed by atoms with Crippen molar-refractivity contribution in [3.63, 3.8) is 0 Å². The van der Waals surface area contributed by atoms with Crippen molar-refractivity contribution in [2.24, 2.45) is 5.41 Å². The van der Waals surface area contributed by atoms with Crippen LogP contribution in [-0.4, -0.2) is 36.3 Å². The van der Waals surface area contributed by atoms with Crippen LogP contribution in [0, 0.1) is 17.0 Å². The van der Waals surface area contributed by atoms with E-state index in [9.17, 15) is 13.9 Å². The van der Waals surface area contributed by atoms with E-state index in [1.807, 2.05) is 6.92 Å². The molecule has 152 valence electrons. The van der Waals surface area contributed by atoms with Crippen LogP contribution < -0.4 is 5.32 Å². The van der Waals surface area contributed by atoms with E-state index in [4.69, 9.17) is 9.47 Å². The first-order valence-electron chi connectivity index (χ1n) is 9.81. The summed E-state index contributed by atoms with van der Waals surface area (Å²) in [6.07, 6.45) is 3.25. The Morgan fingerprint density at radius 3 is 2.30 bits per heavy atom. The van der Waals surface area contributed by atoms with Crippen molar-refractivity contribution in [3.8, 4) is 0 Å². The van der Waals surface area contributed by atoms with Crippen molar-refractivity contribution >= 4 is 0 Å². The van der Waals surface area contributed by atoms with Gasteiger partial charge in [-0.2, -0.15) is 0 Å². The van der Waals surface area contributed by atoms with Gasteiger partial charge in [-0.1, -0.05) is 19.9 Å². The lowest BCUT2D eigenvalue weighted by Crippen LogP contribution is -2.52. The Bertz CT molecular complexity index is 645. The van der Waals surface area contributed by atoms with Crippen molar-refractivity contribution in [2.45, 2.75) is 70.3 Å². The average molecular weight is 383 g/mol. The highest BCUT2D eigenvalue weighted by molar-refractivity contribution is 5.20. The minimum Gasteiger partial charge on any atom is -0.390 e. The van der Waals surface area contributed by atoms with E-state index in [-0.39, 0.29) is 11.5 Å². The molecule has 2 fully saturated rings. The summed E-state index contributed by atoms with van der Waals surface area (Å²) in [6.45, 7) is 8.10. The Morgan fingerprint density at radius 2 is 1.70 bits per heavy atom. The number of hydrogen-bond acceptors (Lipinski definition) is 4. The van der Waals surface area contributed by atoms with Crippen LogP contribution in [0.5, 0.6) is 0 Å². The molecule has 1 heterocycles. The van der Waals surface area contributed by atoms with Gasteiger partial charge < -0.3 is 19.9 Å². The lowest BCUT2D eigenvalue weighted by molar-refractivity contribution is -0.319. The number of benzene rings is 1. The molecule has 2 aliphatic rings. The van der Waals surface area contributed by atoms with Crippen molar-refractivity contribution in [3.05, 3.63) is 35.4 Å². The Kier molecular flexibility index (Phi) is 5.92. The molecule has 0 amide bonds. The van der Waals surface area contributed by atoms with E-state index < -0.39 is 23.0 Å². The van der Waals surface area contributed by atoms with Crippen molar-refractivity contribution < 1.29 is 23.4 Å². The SMILES string of the molecule is C[C@H](NCCC1(O)CCC2(CC1)OCC(C)(C)CO2)c1ccc(F)c(F)c1. The molecule has 3 rings (SSSR count). The molecule has 0 aromatic heterocycles. The summed E-state index contributed by atoms with van der Waals surface area (Å²) in [7, 11) is 0. The summed E-state index contributed by atoms with van der Waals surface area (Å²) in [5.74, 6) is -2.21. The topological polar surface area (TPSA) is 50.7 Å². The second kappa shape index (κ2) is 7.74. The minimum absolute atomic E-state index is 0.0406. The van der Waals surface area contributed by atoms with Gasteiger partial charge in [-0.3, -0.25) is 0 Å². The predicted octanol–water partition coefficient (Wildman–Crippen LogP) is 4.08. The standard InChI is InChI=1S/C21H31F2NO3/c1-15(16-4-5-17(22)18(23)12-16)24-11-10-20(25)6-8-21(9-7-20)26-13-19(2,3)14-27-21/h4-5,12,15,24-25H,6-11,13-14H2,1-3H3/t15-/m0/s1. The number of aliphatic hydroxyl groups is 1. The molecule has 0 radical (unpaired) electrons. The van der Waals surface area contributed by atoms with E-state index in [2.05, 4.69) is 19.2 Å². The summed E-state index contributed by atoms with van der Waals surface area (Å²) in [6, 6.07) is 3.81. The molecule has 1 aromatic rings. The van der Waals surface area contributed by atoms with Gasteiger partial charge in [-0.25, -0.2) is 8.78 Å². The summed E-state index contributed by atoms with van der Waals surface area (Å²) < 4.78 is 38.5. The van der Waals surface area contributed by atoms with Gasteiger partial charge >= 0.3 is 0 Å². The normalized spacial score (nSPS) is 24.7. The molecule has 0 bridgehead atoms. The molecule has 1 spiro atoms. The van der Waals surface area contributed by atoms with E-state index in [1.54, 1.807) is 6.07 Å². The molecular weight excluding hydrogens is 352 g/mol. The number of ether oxygens (including phenoxy) is 2. The Labute approximate surface area is 160 Å². The maximum Gasteiger partial charge on any atom is 0.168 e. The van der Waals surface area contributed by atoms with Crippen LogP contribution >= 0.6 is 0 Å². The van der Waals surface area contributed by atoms with Gasteiger partial charge in [0.05, 0.1) is 18.8 Å². The highest BCUT2D eigenvalue weighted by Gasteiger charge is 2.46. The monoisotopic (exact) mass is 383 g/mol. The Balaban J connectivity index is 1.45. The van der Waals surface area contributed by atoms with Crippen LogP contribution in [0.15, 0.2) is 18.2 Å². The molecule has 1 atom stereocenters. The fourth-order valence-electron chi connectivity index (χ4n) is 3.79. The Morgan fingerprint density at radius 1 is 1.07 bits per heavy atom. The zero-order chi connectivity index (χ0) is 19.7. The van der Waals surface area contributed by atoms with Gasteiger partial charge in [-0.05, 0) is 50.4 Å². The lowest BCUT2D eigenvalue weighted by atomic mass is 9.78. The van der Waals surface area contributed by atoms with Gasteiger partial charge in [0.1, 0.15) is 0 Å². The van der Waals surface area contributed by atoms with Gasteiger partial charge in [0, 0.05) is 24.3 Å². The average Bonchev–Trinajstić information content (AvgIpc) is 2.63. The third-order valence-corrected chi connectivity index (χ3v) is 5.88. The first-order valence-corrected chi connectivity index (χ1v) is 9.81. The highest BCUT2D eigenvalue weighted by Crippen LogP contribution is 2.43. The summed E-state index contributed by atoms with van der Waals surface area (Å²) in [5, 5.41) is 14.2. The van der Waals surface area contributed by atoms with Crippen molar-refractivity contribution in [1.29, 1.82) is 0 Å². The first kappa shape index (κ1) is 20.6. The molecule has 1 aliphatic carbocycles. The zero-order valence-corrected chi connectivity index (χ0v) is 16.5. The third kappa shape index (κ3) is 5.05. The quantitative estimate of drug-likeness (QED) is 0.804. The molecule has 1 aliphatic heterocycles. The fraction of sp³-hybridized carbons (Fsp3) is 0.714. The third-order valence-electron chi connectivity index (χ3n) is 5.88. The highest BCUT2D eigenvalue weighted by atomic mass is 19.2. The molecule has 27 heavy (non-hydrogen) atoms. The van der Waals surface area contributed by atoms with E-state index in [0.717, 1.165) is 6.07 Å². The van der Waals surface area contributed by atoms with Gasteiger partial charge in [0.15, 0.2) is 17.4 Å². The second-order valence-electron chi connectivity index (χ2n) is 8.98. The van der Waals surface area contributed by atoms with Crippen LogP contribution in [0.4, 0.5) is 8.78 Å². The molecule has 6 heteroatoms. The number of halogens is 2.